The molecule has 21 heavy (non-hydrogen) atoms. The lowest BCUT2D eigenvalue weighted by molar-refractivity contribution is -0.107. The highest BCUT2D eigenvalue weighted by atomic mass is 16.1. The predicted molar refractivity (Wildman–Crippen MR) is 90.1 cm³/mol. The summed E-state index contributed by atoms with van der Waals surface area (Å²) in [5.74, 6) is 1.41. The SMILES string of the molecule is C=C1CCC2C(C)(C)CCCC2(C)C1CC=C(C)CC=O. The minimum Gasteiger partial charge on any atom is -0.303 e. The molecule has 0 amide bonds. The van der Waals surface area contributed by atoms with Gasteiger partial charge in [0.05, 0.1) is 0 Å². The van der Waals surface area contributed by atoms with Gasteiger partial charge in [0.1, 0.15) is 6.29 Å². The van der Waals surface area contributed by atoms with Crippen molar-refractivity contribution < 1.29 is 4.79 Å². The van der Waals surface area contributed by atoms with Crippen molar-refractivity contribution in [2.24, 2.45) is 22.7 Å². The van der Waals surface area contributed by atoms with Crippen molar-refractivity contribution in [2.75, 3.05) is 0 Å². The molecular formula is C20H32O. The van der Waals surface area contributed by atoms with Crippen LogP contribution in [0.3, 0.4) is 0 Å². The number of allylic oxidation sites excluding steroid dienone is 3. The van der Waals surface area contributed by atoms with Crippen LogP contribution in [-0.2, 0) is 4.79 Å². The molecular weight excluding hydrogens is 256 g/mol. The lowest BCUT2D eigenvalue weighted by Crippen LogP contribution is -2.49. The molecule has 0 aromatic carbocycles. The average Bonchev–Trinajstić information content (AvgIpc) is 2.37. The highest BCUT2D eigenvalue weighted by Gasteiger charge is 2.52. The quantitative estimate of drug-likeness (QED) is 0.478. The highest BCUT2D eigenvalue weighted by molar-refractivity contribution is 5.53. The molecule has 0 aliphatic heterocycles. The molecule has 2 aliphatic rings. The molecule has 2 fully saturated rings. The predicted octanol–water partition coefficient (Wildman–Crippen LogP) is 5.71. The van der Waals surface area contributed by atoms with Crippen molar-refractivity contribution in [1.82, 2.24) is 0 Å². The maximum atomic E-state index is 10.6. The van der Waals surface area contributed by atoms with E-state index in [0.29, 0.717) is 23.2 Å². The van der Waals surface area contributed by atoms with E-state index >= 15 is 0 Å². The number of hydrogen-bond acceptors (Lipinski definition) is 1. The van der Waals surface area contributed by atoms with Gasteiger partial charge in [-0.05, 0) is 61.7 Å². The Kier molecular flexibility index (Phi) is 4.80. The fourth-order valence-electron chi connectivity index (χ4n) is 5.24. The van der Waals surface area contributed by atoms with Crippen LogP contribution < -0.4 is 0 Å². The zero-order valence-corrected chi connectivity index (χ0v) is 14.4. The van der Waals surface area contributed by atoms with Crippen LogP contribution in [0, 0.1) is 22.7 Å². The van der Waals surface area contributed by atoms with Crippen LogP contribution in [0.2, 0.25) is 0 Å². The zero-order valence-electron chi connectivity index (χ0n) is 14.4. The molecule has 2 aliphatic carbocycles. The molecule has 0 saturated heterocycles. The summed E-state index contributed by atoms with van der Waals surface area (Å²) in [7, 11) is 0. The summed E-state index contributed by atoms with van der Waals surface area (Å²) >= 11 is 0. The van der Waals surface area contributed by atoms with Gasteiger partial charge in [-0.25, -0.2) is 0 Å². The van der Waals surface area contributed by atoms with Gasteiger partial charge in [-0.1, -0.05) is 51.0 Å². The van der Waals surface area contributed by atoms with E-state index in [-0.39, 0.29) is 0 Å². The van der Waals surface area contributed by atoms with E-state index in [0.717, 1.165) is 18.6 Å². The van der Waals surface area contributed by atoms with Crippen molar-refractivity contribution in [3.8, 4) is 0 Å². The fourth-order valence-corrected chi connectivity index (χ4v) is 5.24. The second-order valence-electron chi connectivity index (χ2n) is 8.31. The minimum atomic E-state index is 0.398. The first-order valence-electron chi connectivity index (χ1n) is 8.58. The molecule has 0 aromatic heterocycles. The van der Waals surface area contributed by atoms with Crippen molar-refractivity contribution in [3.05, 3.63) is 23.8 Å². The van der Waals surface area contributed by atoms with Crippen LogP contribution in [0.4, 0.5) is 0 Å². The first-order valence-corrected chi connectivity index (χ1v) is 8.58. The number of aldehydes is 1. The summed E-state index contributed by atoms with van der Waals surface area (Å²) in [5.41, 5.74) is 3.52. The Labute approximate surface area is 130 Å². The van der Waals surface area contributed by atoms with E-state index < -0.39 is 0 Å². The first-order chi connectivity index (χ1) is 9.81. The van der Waals surface area contributed by atoms with E-state index in [1.54, 1.807) is 0 Å². The second-order valence-corrected chi connectivity index (χ2v) is 8.31. The van der Waals surface area contributed by atoms with Crippen LogP contribution in [0.25, 0.3) is 0 Å². The van der Waals surface area contributed by atoms with Crippen LogP contribution in [0.1, 0.15) is 72.6 Å². The van der Waals surface area contributed by atoms with Crippen molar-refractivity contribution in [2.45, 2.75) is 72.6 Å². The van der Waals surface area contributed by atoms with Crippen LogP contribution in [0.15, 0.2) is 23.8 Å². The van der Waals surface area contributed by atoms with E-state index in [4.69, 9.17) is 0 Å². The minimum absolute atomic E-state index is 0.398. The Morgan fingerprint density at radius 3 is 2.71 bits per heavy atom. The van der Waals surface area contributed by atoms with Gasteiger partial charge in [0, 0.05) is 6.42 Å². The van der Waals surface area contributed by atoms with Gasteiger partial charge in [0.25, 0.3) is 0 Å². The fraction of sp³-hybridized carbons (Fsp3) is 0.750. The molecule has 0 radical (unpaired) electrons. The smallest absolute Gasteiger partial charge is 0.124 e. The normalized spacial score (nSPS) is 36.2. The molecule has 3 unspecified atom stereocenters. The Morgan fingerprint density at radius 1 is 1.33 bits per heavy atom. The zero-order chi connectivity index (χ0) is 15.7. The number of carbonyl (C=O) groups excluding carboxylic acids is 1. The maximum Gasteiger partial charge on any atom is 0.124 e. The number of fused-ring (bicyclic) bond motifs is 1. The number of hydrogen-bond donors (Lipinski definition) is 0. The largest absolute Gasteiger partial charge is 0.303 e. The lowest BCUT2D eigenvalue weighted by Gasteiger charge is -2.58. The molecule has 0 heterocycles. The molecule has 0 aromatic rings. The van der Waals surface area contributed by atoms with Crippen molar-refractivity contribution >= 4 is 6.29 Å². The summed E-state index contributed by atoms with van der Waals surface area (Å²) in [6, 6.07) is 0. The second kappa shape index (κ2) is 6.10. The van der Waals surface area contributed by atoms with Gasteiger partial charge in [0.15, 0.2) is 0 Å². The van der Waals surface area contributed by atoms with Gasteiger partial charge in [0.2, 0.25) is 0 Å². The summed E-state index contributed by atoms with van der Waals surface area (Å²) < 4.78 is 0. The Hall–Kier alpha value is -0.850. The van der Waals surface area contributed by atoms with Gasteiger partial charge in [-0.3, -0.25) is 0 Å². The first kappa shape index (κ1) is 16.5. The van der Waals surface area contributed by atoms with E-state index in [1.807, 2.05) is 0 Å². The van der Waals surface area contributed by atoms with Crippen LogP contribution in [-0.4, -0.2) is 6.29 Å². The Balaban J connectivity index is 2.23. The molecule has 118 valence electrons. The molecule has 0 spiro atoms. The topological polar surface area (TPSA) is 17.1 Å². The molecule has 0 N–H and O–H groups in total. The highest BCUT2D eigenvalue weighted by Crippen LogP contribution is 2.61. The van der Waals surface area contributed by atoms with Crippen LogP contribution in [0.5, 0.6) is 0 Å². The molecule has 3 atom stereocenters. The molecule has 0 bridgehead atoms. The third-order valence-corrected chi connectivity index (χ3v) is 6.43. The summed E-state index contributed by atoms with van der Waals surface area (Å²) in [4.78, 5) is 10.6. The molecule has 2 saturated carbocycles. The van der Waals surface area contributed by atoms with Crippen molar-refractivity contribution in [1.29, 1.82) is 0 Å². The average molecular weight is 288 g/mol. The lowest BCUT2D eigenvalue weighted by atomic mass is 9.47. The van der Waals surface area contributed by atoms with Gasteiger partial charge in [-0.2, -0.15) is 0 Å². The number of carbonyl (C=O) groups is 1. The van der Waals surface area contributed by atoms with Gasteiger partial charge in [-0.15, -0.1) is 0 Å². The molecule has 2 rings (SSSR count). The summed E-state index contributed by atoms with van der Waals surface area (Å²) in [6.07, 6.45) is 11.5. The van der Waals surface area contributed by atoms with Gasteiger partial charge >= 0.3 is 0 Å². The van der Waals surface area contributed by atoms with E-state index in [9.17, 15) is 4.79 Å². The Bertz CT molecular complexity index is 443. The van der Waals surface area contributed by atoms with Crippen molar-refractivity contribution in [3.63, 3.8) is 0 Å². The third-order valence-electron chi connectivity index (χ3n) is 6.43. The molecule has 1 nitrogen and oxygen atoms in total. The summed E-state index contributed by atoms with van der Waals surface area (Å²) in [6.45, 7) is 13.9. The maximum absolute atomic E-state index is 10.6. The number of rotatable bonds is 4. The Morgan fingerprint density at radius 2 is 2.05 bits per heavy atom. The third kappa shape index (κ3) is 3.17. The monoisotopic (exact) mass is 288 g/mol. The molecule has 1 heteroatoms. The van der Waals surface area contributed by atoms with Gasteiger partial charge < -0.3 is 4.79 Å². The van der Waals surface area contributed by atoms with E-state index in [1.165, 1.54) is 43.3 Å². The van der Waals surface area contributed by atoms with E-state index in [2.05, 4.69) is 40.3 Å². The van der Waals surface area contributed by atoms with Crippen LogP contribution >= 0.6 is 0 Å². The summed E-state index contributed by atoms with van der Waals surface area (Å²) in [5, 5.41) is 0. The standard InChI is InChI=1S/C20H32O/c1-15(11-14-21)7-9-17-16(2)8-10-18-19(3,4)12-6-13-20(17,18)5/h7,14,17-18H,2,6,8-13H2,1,3-5H3.